The summed E-state index contributed by atoms with van der Waals surface area (Å²) in [6.45, 7) is 4.70. The van der Waals surface area contributed by atoms with Gasteiger partial charge in [0.2, 0.25) is 10.0 Å². The largest absolute Gasteiger partial charge is 0.481 e. The van der Waals surface area contributed by atoms with Gasteiger partial charge < -0.3 is 10.4 Å². The SMILES string of the molecule is CCN(CC)S(=O)(=O)c1ccc(C(=O)NCCCCC(=O)O)cc1. The first-order valence-corrected chi connectivity index (χ1v) is 9.37. The van der Waals surface area contributed by atoms with Crippen LogP contribution in [0.2, 0.25) is 0 Å². The van der Waals surface area contributed by atoms with Crippen molar-refractivity contribution in [2.24, 2.45) is 0 Å². The number of sulfonamides is 1. The number of nitrogens with zero attached hydrogens (tertiary/aromatic N) is 1. The van der Waals surface area contributed by atoms with Crippen LogP contribution in [-0.4, -0.2) is 49.3 Å². The molecule has 0 aliphatic heterocycles. The molecule has 0 bridgehead atoms. The maximum absolute atomic E-state index is 12.4. The third-order valence-corrected chi connectivity index (χ3v) is 5.63. The van der Waals surface area contributed by atoms with Crippen LogP contribution >= 0.6 is 0 Å². The number of amides is 1. The highest BCUT2D eigenvalue weighted by molar-refractivity contribution is 7.89. The second kappa shape index (κ2) is 9.39. The Labute approximate surface area is 142 Å². The zero-order chi connectivity index (χ0) is 18.2. The molecule has 0 heterocycles. The number of benzene rings is 1. The maximum atomic E-state index is 12.4. The van der Waals surface area contributed by atoms with Crippen molar-refractivity contribution < 1.29 is 23.1 Å². The molecule has 0 atom stereocenters. The number of unbranched alkanes of at least 4 members (excludes halogenated alkanes) is 1. The van der Waals surface area contributed by atoms with E-state index in [1.54, 1.807) is 13.8 Å². The molecule has 8 heteroatoms. The third-order valence-electron chi connectivity index (χ3n) is 3.56. The zero-order valence-corrected chi connectivity index (χ0v) is 14.8. The van der Waals surface area contributed by atoms with E-state index in [4.69, 9.17) is 5.11 Å². The minimum atomic E-state index is -3.53. The van der Waals surface area contributed by atoms with Gasteiger partial charge in [-0.05, 0) is 37.1 Å². The number of carboxylic acid groups (broad SMARTS) is 1. The van der Waals surface area contributed by atoms with Gasteiger partial charge in [0.25, 0.3) is 5.91 Å². The molecule has 7 nitrogen and oxygen atoms in total. The first-order valence-electron chi connectivity index (χ1n) is 7.93. The fourth-order valence-electron chi connectivity index (χ4n) is 2.20. The van der Waals surface area contributed by atoms with Crippen molar-refractivity contribution in [2.45, 2.75) is 38.0 Å². The molecule has 0 saturated heterocycles. The van der Waals surface area contributed by atoms with Crippen molar-refractivity contribution in [3.05, 3.63) is 29.8 Å². The number of hydrogen-bond acceptors (Lipinski definition) is 4. The molecule has 0 aromatic heterocycles. The molecule has 1 rings (SSSR count). The minimum Gasteiger partial charge on any atom is -0.481 e. The number of nitrogens with one attached hydrogen (secondary N) is 1. The molecule has 0 fully saturated rings. The molecule has 1 amide bonds. The molecule has 0 spiro atoms. The van der Waals surface area contributed by atoms with Crippen molar-refractivity contribution in [1.82, 2.24) is 9.62 Å². The number of aliphatic carboxylic acids is 1. The number of carbonyl (C=O) groups excluding carboxylic acids is 1. The average molecular weight is 356 g/mol. The third kappa shape index (κ3) is 5.61. The lowest BCUT2D eigenvalue weighted by Crippen LogP contribution is -2.30. The van der Waals surface area contributed by atoms with Crippen molar-refractivity contribution in [3.8, 4) is 0 Å². The summed E-state index contributed by atoms with van der Waals surface area (Å²) in [5.41, 5.74) is 0.367. The smallest absolute Gasteiger partial charge is 0.303 e. The van der Waals surface area contributed by atoms with Gasteiger partial charge in [0.15, 0.2) is 0 Å². The predicted molar refractivity (Wildman–Crippen MR) is 90.4 cm³/mol. The first kappa shape index (κ1) is 20.1. The molecule has 0 aliphatic carbocycles. The molecule has 2 N–H and O–H groups in total. The Morgan fingerprint density at radius 1 is 1.08 bits per heavy atom. The van der Waals surface area contributed by atoms with Crippen LogP contribution in [0.25, 0.3) is 0 Å². The monoisotopic (exact) mass is 356 g/mol. The fourth-order valence-corrected chi connectivity index (χ4v) is 3.65. The van der Waals surface area contributed by atoms with Gasteiger partial charge in [0, 0.05) is 31.6 Å². The van der Waals surface area contributed by atoms with Crippen LogP contribution in [0.4, 0.5) is 0 Å². The molecule has 0 radical (unpaired) electrons. The van der Waals surface area contributed by atoms with E-state index in [1.165, 1.54) is 28.6 Å². The van der Waals surface area contributed by atoms with E-state index in [0.29, 0.717) is 38.0 Å². The average Bonchev–Trinajstić information content (AvgIpc) is 2.55. The van der Waals surface area contributed by atoms with Gasteiger partial charge in [-0.15, -0.1) is 0 Å². The summed E-state index contributed by atoms with van der Waals surface area (Å²) in [4.78, 5) is 22.5. The van der Waals surface area contributed by atoms with E-state index < -0.39 is 16.0 Å². The lowest BCUT2D eigenvalue weighted by Gasteiger charge is -2.18. The van der Waals surface area contributed by atoms with Gasteiger partial charge in [-0.1, -0.05) is 13.8 Å². The Kier molecular flexibility index (Phi) is 7.87. The minimum absolute atomic E-state index is 0.0772. The summed E-state index contributed by atoms with van der Waals surface area (Å²) in [7, 11) is -3.53. The van der Waals surface area contributed by atoms with Crippen molar-refractivity contribution in [1.29, 1.82) is 0 Å². The molecular formula is C16H24N2O5S. The Bertz CT molecular complexity index is 652. The van der Waals surface area contributed by atoms with Gasteiger partial charge in [-0.2, -0.15) is 4.31 Å². The maximum Gasteiger partial charge on any atom is 0.303 e. The standard InChI is InChI=1S/C16H24N2O5S/c1-3-18(4-2)24(22,23)14-10-8-13(9-11-14)16(21)17-12-6-5-7-15(19)20/h8-11H,3-7,12H2,1-2H3,(H,17,21)(H,19,20). The Morgan fingerprint density at radius 3 is 2.17 bits per heavy atom. The summed E-state index contributed by atoms with van der Waals surface area (Å²) >= 11 is 0. The number of hydrogen-bond donors (Lipinski definition) is 2. The number of carbonyl (C=O) groups is 2. The summed E-state index contributed by atoms with van der Waals surface area (Å²) < 4.78 is 26.1. The number of carboxylic acids is 1. The van der Waals surface area contributed by atoms with E-state index in [-0.39, 0.29) is 17.2 Å². The highest BCUT2D eigenvalue weighted by atomic mass is 32.2. The molecule has 24 heavy (non-hydrogen) atoms. The van der Waals surface area contributed by atoms with Crippen molar-refractivity contribution in [2.75, 3.05) is 19.6 Å². The van der Waals surface area contributed by atoms with Crippen molar-refractivity contribution in [3.63, 3.8) is 0 Å². The highest BCUT2D eigenvalue weighted by Gasteiger charge is 2.21. The van der Waals surface area contributed by atoms with Gasteiger partial charge in [0.05, 0.1) is 4.90 Å². The van der Waals surface area contributed by atoms with E-state index >= 15 is 0 Å². The van der Waals surface area contributed by atoms with Crippen LogP contribution in [-0.2, 0) is 14.8 Å². The molecule has 1 aromatic carbocycles. The fraction of sp³-hybridized carbons (Fsp3) is 0.500. The summed E-state index contributed by atoms with van der Waals surface area (Å²) in [6.07, 6.45) is 1.15. The van der Waals surface area contributed by atoms with Crippen LogP contribution in [0.5, 0.6) is 0 Å². The van der Waals surface area contributed by atoms with Crippen LogP contribution in [0.1, 0.15) is 43.5 Å². The van der Waals surface area contributed by atoms with Crippen LogP contribution in [0.3, 0.4) is 0 Å². The van der Waals surface area contributed by atoms with E-state index in [2.05, 4.69) is 5.32 Å². The molecular weight excluding hydrogens is 332 g/mol. The molecule has 134 valence electrons. The molecule has 0 saturated carbocycles. The van der Waals surface area contributed by atoms with Gasteiger partial charge >= 0.3 is 5.97 Å². The van der Waals surface area contributed by atoms with E-state index in [1.807, 2.05) is 0 Å². The molecule has 1 aromatic rings. The second-order valence-corrected chi connectivity index (χ2v) is 7.16. The summed E-state index contributed by atoms with van der Waals surface area (Å²) in [5, 5.41) is 11.2. The van der Waals surface area contributed by atoms with E-state index in [9.17, 15) is 18.0 Å². The lowest BCUT2D eigenvalue weighted by molar-refractivity contribution is -0.137. The predicted octanol–water partition coefficient (Wildman–Crippen LogP) is 1.70. The topological polar surface area (TPSA) is 104 Å². The van der Waals surface area contributed by atoms with Gasteiger partial charge in [-0.25, -0.2) is 8.42 Å². The van der Waals surface area contributed by atoms with Gasteiger partial charge in [0.1, 0.15) is 0 Å². The summed E-state index contributed by atoms with van der Waals surface area (Å²) in [5.74, 6) is -1.16. The first-order chi connectivity index (χ1) is 11.3. The Hall–Kier alpha value is -1.93. The lowest BCUT2D eigenvalue weighted by atomic mass is 10.2. The van der Waals surface area contributed by atoms with Gasteiger partial charge in [-0.3, -0.25) is 9.59 Å². The quantitative estimate of drug-likeness (QED) is 0.621. The highest BCUT2D eigenvalue weighted by Crippen LogP contribution is 2.16. The zero-order valence-electron chi connectivity index (χ0n) is 14.0. The molecule has 0 unspecified atom stereocenters. The Balaban J connectivity index is 2.64. The van der Waals surface area contributed by atoms with Crippen molar-refractivity contribution >= 4 is 21.9 Å². The van der Waals surface area contributed by atoms with E-state index in [0.717, 1.165) is 0 Å². The normalized spacial score (nSPS) is 11.5. The van der Waals surface area contributed by atoms with Crippen LogP contribution < -0.4 is 5.32 Å². The second-order valence-electron chi connectivity index (χ2n) is 5.22. The number of rotatable bonds is 10. The molecule has 0 aliphatic rings. The van der Waals surface area contributed by atoms with Crippen LogP contribution in [0.15, 0.2) is 29.2 Å². The van der Waals surface area contributed by atoms with Crippen LogP contribution in [0, 0.1) is 0 Å². The summed E-state index contributed by atoms with van der Waals surface area (Å²) in [6, 6.07) is 5.80. The Morgan fingerprint density at radius 2 is 1.67 bits per heavy atom.